The van der Waals surface area contributed by atoms with Gasteiger partial charge in [0.1, 0.15) is 50.9 Å². The lowest BCUT2D eigenvalue weighted by molar-refractivity contribution is -0.140. The van der Waals surface area contributed by atoms with Crippen LogP contribution in [-0.2, 0) is 20.8 Å². The predicted octanol–water partition coefficient (Wildman–Crippen LogP) is 4.68. The number of ether oxygens (including phenoxy) is 1. The van der Waals surface area contributed by atoms with E-state index >= 15 is 0 Å². The van der Waals surface area contributed by atoms with Crippen LogP contribution in [0.5, 0.6) is 5.75 Å². The van der Waals surface area contributed by atoms with E-state index in [2.05, 4.69) is 32.5 Å². The maximum atomic E-state index is 14.4. The third-order valence-corrected chi connectivity index (χ3v) is 12.6. The standard InChI is InChI=1S/C38H47N7O6S3/c1-6-38(3,4)51-24-13-11-23(12-14-24)19-26-37(50)44-16-7-9-29(44)33(48)39-22(2)34-42-27(20-53-34)31(46)40-25(15-18-52-5)36(49)45-17-8-10-30(45)35-43-28(21-54-35)32(47)41-26/h6,11-14,20-22,25-26,29-30H,1,7-10,15-19H2,2-5H3,(H,39,48)(H,40,46)(H,41,47)/t22-,25-,26-,29-,30-/m0/s1. The summed E-state index contributed by atoms with van der Waals surface area (Å²) in [5.74, 6) is -0.626. The van der Waals surface area contributed by atoms with Gasteiger partial charge in [-0.15, -0.1) is 22.7 Å². The Balaban J connectivity index is 1.33. The summed E-state index contributed by atoms with van der Waals surface area (Å²) in [6.45, 7) is 10.3. The number of amides is 5. The number of nitrogens with zero attached hydrogens (tertiary/aromatic N) is 4. The van der Waals surface area contributed by atoms with Gasteiger partial charge in [0, 0.05) is 30.3 Å². The number of aromatic nitrogens is 2. The zero-order valence-electron chi connectivity index (χ0n) is 31.0. The van der Waals surface area contributed by atoms with Crippen LogP contribution in [0.25, 0.3) is 0 Å². The van der Waals surface area contributed by atoms with Gasteiger partial charge in [0.2, 0.25) is 17.7 Å². The molecular weight excluding hydrogens is 747 g/mol. The van der Waals surface area contributed by atoms with Gasteiger partial charge in [-0.2, -0.15) is 11.8 Å². The summed E-state index contributed by atoms with van der Waals surface area (Å²) in [7, 11) is 0. The number of thiazole rings is 2. The molecule has 3 aliphatic heterocycles. The lowest BCUT2D eigenvalue weighted by Crippen LogP contribution is -2.54. The Morgan fingerprint density at radius 2 is 1.44 bits per heavy atom. The molecule has 2 fully saturated rings. The van der Waals surface area contributed by atoms with E-state index in [1.807, 2.05) is 44.4 Å². The van der Waals surface area contributed by atoms with E-state index in [0.29, 0.717) is 60.3 Å². The third kappa shape index (κ3) is 8.98. The van der Waals surface area contributed by atoms with Crippen molar-refractivity contribution in [3.8, 4) is 5.75 Å². The number of fused-ring (bicyclic) bond motifs is 7. The quantitative estimate of drug-likeness (QED) is 0.275. The molecular formula is C38H47N7O6S3. The largest absolute Gasteiger partial charge is 0.484 e. The van der Waals surface area contributed by atoms with E-state index in [1.54, 1.807) is 45.3 Å². The normalized spacial score (nSPS) is 24.2. The third-order valence-electron chi connectivity index (χ3n) is 9.95. The van der Waals surface area contributed by atoms with E-state index in [9.17, 15) is 24.0 Å². The van der Waals surface area contributed by atoms with Crippen molar-refractivity contribution in [3.63, 3.8) is 0 Å². The Hall–Kier alpha value is -4.28. The van der Waals surface area contributed by atoms with Crippen molar-refractivity contribution in [1.29, 1.82) is 0 Å². The molecule has 5 amide bonds. The molecule has 0 aliphatic carbocycles. The second kappa shape index (κ2) is 17.0. The average Bonchev–Trinajstić information content (AvgIpc) is 3.99. The minimum Gasteiger partial charge on any atom is -0.484 e. The molecule has 5 heterocycles. The molecule has 2 aromatic heterocycles. The smallest absolute Gasteiger partial charge is 0.271 e. The number of nitrogens with one attached hydrogen (secondary N) is 3. The highest BCUT2D eigenvalue weighted by Crippen LogP contribution is 2.35. The molecule has 13 nitrogen and oxygen atoms in total. The fourth-order valence-electron chi connectivity index (χ4n) is 6.93. The van der Waals surface area contributed by atoms with Crippen LogP contribution >= 0.6 is 34.4 Å². The lowest BCUT2D eigenvalue weighted by atomic mass is 10.0. The summed E-state index contributed by atoms with van der Waals surface area (Å²) >= 11 is 4.12. The fourth-order valence-corrected chi connectivity index (χ4v) is 9.15. The average molecular weight is 794 g/mol. The van der Waals surface area contributed by atoms with Crippen LogP contribution in [0.1, 0.15) is 102 Å². The van der Waals surface area contributed by atoms with Crippen LogP contribution in [0, 0.1) is 0 Å². The zero-order chi connectivity index (χ0) is 38.6. The van der Waals surface area contributed by atoms with Gasteiger partial charge in [0.25, 0.3) is 11.8 Å². The Labute approximate surface area is 327 Å². The Kier molecular flexibility index (Phi) is 12.4. The molecule has 6 rings (SSSR count). The molecule has 0 unspecified atom stereocenters. The summed E-state index contributed by atoms with van der Waals surface area (Å²) in [6.07, 6.45) is 6.76. The molecule has 3 aromatic rings. The van der Waals surface area contributed by atoms with E-state index in [0.717, 1.165) is 12.0 Å². The van der Waals surface area contributed by atoms with Crippen LogP contribution in [0.4, 0.5) is 0 Å². The minimum atomic E-state index is -1.00. The van der Waals surface area contributed by atoms with E-state index in [4.69, 9.17) is 4.74 Å². The summed E-state index contributed by atoms with van der Waals surface area (Å²) in [4.78, 5) is 82.1. The van der Waals surface area contributed by atoms with Crippen molar-refractivity contribution in [3.05, 3.63) is 74.6 Å². The zero-order valence-corrected chi connectivity index (χ0v) is 33.4. The van der Waals surface area contributed by atoms with Gasteiger partial charge >= 0.3 is 0 Å². The molecule has 0 radical (unpaired) electrons. The Morgan fingerprint density at radius 1 is 0.870 bits per heavy atom. The summed E-state index contributed by atoms with van der Waals surface area (Å²) in [6, 6.07) is 3.90. The van der Waals surface area contributed by atoms with Crippen LogP contribution in [-0.4, -0.2) is 98.1 Å². The number of hydrogen-bond donors (Lipinski definition) is 3. The van der Waals surface area contributed by atoms with Crippen molar-refractivity contribution in [1.82, 2.24) is 35.7 Å². The molecule has 54 heavy (non-hydrogen) atoms. The van der Waals surface area contributed by atoms with Gasteiger partial charge in [0.05, 0.1) is 12.1 Å². The molecule has 3 N–H and O–H groups in total. The van der Waals surface area contributed by atoms with Crippen LogP contribution in [0.15, 0.2) is 47.7 Å². The van der Waals surface area contributed by atoms with Crippen molar-refractivity contribution in [2.24, 2.45) is 0 Å². The van der Waals surface area contributed by atoms with Crippen molar-refractivity contribution < 1.29 is 28.7 Å². The molecule has 288 valence electrons. The Morgan fingerprint density at radius 3 is 2.09 bits per heavy atom. The van der Waals surface area contributed by atoms with Crippen LogP contribution in [0.3, 0.4) is 0 Å². The number of hydrogen-bond acceptors (Lipinski definition) is 11. The SMILES string of the molecule is C=CC(C)(C)Oc1ccc(C[C@@H]2NC(=O)c3csc(n3)[C@@H]3CCCN3C(=O)[C@H](CCSC)NC(=O)c3csc(n3)[C@H](C)NC(=O)[C@@H]3CCCN3C2=O)cc1. The first-order valence-electron chi connectivity index (χ1n) is 18.2. The highest BCUT2D eigenvalue weighted by atomic mass is 32.2. The summed E-state index contributed by atoms with van der Waals surface area (Å²) in [5, 5.41) is 13.3. The fraction of sp³-hybridized carbons (Fsp3) is 0.500. The second-order valence-corrected chi connectivity index (χ2v) is 17.1. The number of rotatable bonds is 8. The van der Waals surface area contributed by atoms with Gasteiger partial charge in [-0.1, -0.05) is 18.7 Å². The predicted molar refractivity (Wildman–Crippen MR) is 210 cm³/mol. The summed E-state index contributed by atoms with van der Waals surface area (Å²) in [5.41, 5.74) is 0.522. The maximum absolute atomic E-state index is 14.4. The van der Waals surface area contributed by atoms with Crippen LogP contribution < -0.4 is 20.7 Å². The first-order valence-corrected chi connectivity index (χ1v) is 21.4. The summed E-state index contributed by atoms with van der Waals surface area (Å²) < 4.78 is 6.01. The van der Waals surface area contributed by atoms with Crippen molar-refractivity contribution in [2.45, 2.75) is 95.1 Å². The minimum absolute atomic E-state index is 0.143. The maximum Gasteiger partial charge on any atom is 0.271 e. The number of carbonyl (C=O) groups is 5. The molecule has 0 saturated carbocycles. The molecule has 1 aromatic carbocycles. The van der Waals surface area contributed by atoms with Crippen molar-refractivity contribution >= 4 is 64.0 Å². The van der Waals surface area contributed by atoms with Crippen molar-refractivity contribution in [2.75, 3.05) is 25.1 Å². The van der Waals surface area contributed by atoms with Gasteiger partial charge in [-0.25, -0.2) is 9.97 Å². The Bertz CT molecular complexity index is 1880. The first-order chi connectivity index (χ1) is 25.9. The van der Waals surface area contributed by atoms with Gasteiger partial charge in [0.15, 0.2) is 0 Å². The van der Waals surface area contributed by atoms with Crippen LogP contribution in [0.2, 0.25) is 0 Å². The molecule has 4 bridgehead atoms. The van der Waals surface area contributed by atoms with Gasteiger partial charge in [-0.05, 0) is 88.7 Å². The second-order valence-electron chi connectivity index (χ2n) is 14.3. The molecule has 5 atom stereocenters. The number of thioether (sulfide) groups is 1. The molecule has 2 saturated heterocycles. The van der Waals surface area contributed by atoms with E-state index < -0.39 is 41.6 Å². The lowest BCUT2D eigenvalue weighted by Gasteiger charge is -2.29. The highest BCUT2D eigenvalue weighted by molar-refractivity contribution is 7.98. The number of benzene rings is 1. The van der Waals surface area contributed by atoms with Gasteiger partial charge in [-0.3, -0.25) is 24.0 Å². The highest BCUT2D eigenvalue weighted by Gasteiger charge is 2.40. The number of carbonyl (C=O) groups excluding carboxylic acids is 5. The molecule has 0 spiro atoms. The molecule has 3 aliphatic rings. The van der Waals surface area contributed by atoms with E-state index in [1.165, 1.54) is 22.7 Å². The monoisotopic (exact) mass is 793 g/mol. The topological polar surface area (TPSA) is 163 Å². The van der Waals surface area contributed by atoms with E-state index in [-0.39, 0.29) is 41.6 Å². The van der Waals surface area contributed by atoms with Gasteiger partial charge < -0.3 is 30.5 Å². The first kappa shape index (κ1) is 39.4. The molecule has 16 heteroatoms.